The Kier molecular flexibility index (Phi) is 6.58. The van der Waals surface area contributed by atoms with Gasteiger partial charge in [-0.25, -0.2) is 8.42 Å². The third kappa shape index (κ3) is 4.25. The number of fused-ring (bicyclic) bond motifs is 4. The lowest BCUT2D eigenvalue weighted by Gasteiger charge is -2.37. The van der Waals surface area contributed by atoms with E-state index in [-0.39, 0.29) is 48.9 Å². The second-order valence-corrected chi connectivity index (χ2v) is 12.5. The van der Waals surface area contributed by atoms with Crippen molar-refractivity contribution >= 4 is 27.5 Å². The fraction of sp³-hybridized carbons (Fsp3) is 0.481. The van der Waals surface area contributed by atoms with Crippen molar-refractivity contribution < 1.29 is 35.9 Å². The highest BCUT2D eigenvalue weighted by Gasteiger charge is 2.67. The standard InChI is InChI=1S/C27H29F3N4O5S/c28-27(29,30)39-19-8-10-20(11-9-19)40(37,38)32-13-4-12-31-24(35)22-17-18-5-3-14-34(18)26(22)21-6-1-2-7-23(21)33(16-15-32)25(26)36/h1-2,6-11,18,22H,3-5,12-17H2,(H,31,35)/t18-,22-,26+/m0/s1. The number of benzene rings is 2. The van der Waals surface area contributed by atoms with Crippen molar-refractivity contribution in [2.45, 2.75) is 48.5 Å². The van der Waals surface area contributed by atoms with E-state index >= 15 is 0 Å². The number of nitrogens with zero attached hydrogens (tertiary/aromatic N) is 3. The topological polar surface area (TPSA) is 99.3 Å². The monoisotopic (exact) mass is 578 g/mol. The van der Waals surface area contributed by atoms with Crippen LogP contribution in [-0.2, 0) is 25.2 Å². The van der Waals surface area contributed by atoms with Gasteiger partial charge in [0.05, 0.1) is 10.8 Å². The molecule has 6 rings (SSSR count). The highest BCUT2D eigenvalue weighted by molar-refractivity contribution is 7.89. The smallest absolute Gasteiger partial charge is 0.406 e. The minimum atomic E-state index is -4.90. The Labute approximate surface area is 229 Å². The number of hydrogen-bond donors (Lipinski definition) is 1. The van der Waals surface area contributed by atoms with Gasteiger partial charge in [-0.15, -0.1) is 13.2 Å². The van der Waals surface area contributed by atoms with Crippen LogP contribution >= 0.6 is 0 Å². The quantitative estimate of drug-likeness (QED) is 0.602. The molecule has 0 aliphatic carbocycles. The summed E-state index contributed by atoms with van der Waals surface area (Å²) in [6.45, 7) is 1.02. The van der Waals surface area contributed by atoms with Gasteiger partial charge in [0.25, 0.3) is 5.91 Å². The number of halogens is 3. The van der Waals surface area contributed by atoms with Gasteiger partial charge in [0, 0.05) is 43.5 Å². The summed E-state index contributed by atoms with van der Waals surface area (Å²) in [5, 5.41) is 2.95. The lowest BCUT2D eigenvalue weighted by atomic mass is 9.78. The maximum Gasteiger partial charge on any atom is 0.573 e. The Morgan fingerprint density at radius 2 is 1.70 bits per heavy atom. The van der Waals surface area contributed by atoms with Gasteiger partial charge >= 0.3 is 6.36 Å². The van der Waals surface area contributed by atoms with E-state index in [1.165, 1.54) is 4.31 Å². The molecule has 13 heteroatoms. The molecule has 2 amide bonds. The molecule has 4 aliphatic heterocycles. The normalized spacial score (nSPS) is 27.8. The number of alkyl halides is 3. The number of para-hydroxylation sites is 1. The average Bonchev–Trinajstić information content (AvgIpc) is 3.56. The molecule has 9 nitrogen and oxygen atoms in total. The first-order valence-corrected chi connectivity index (χ1v) is 14.8. The van der Waals surface area contributed by atoms with Gasteiger partial charge in [-0.3, -0.25) is 14.5 Å². The fourth-order valence-electron chi connectivity index (χ4n) is 6.90. The van der Waals surface area contributed by atoms with Crippen LogP contribution in [0.5, 0.6) is 5.75 Å². The molecule has 40 heavy (non-hydrogen) atoms. The Bertz CT molecular complexity index is 1430. The maximum atomic E-state index is 14.4. The molecule has 1 spiro atoms. The van der Waals surface area contributed by atoms with Crippen LogP contribution in [0.2, 0.25) is 0 Å². The van der Waals surface area contributed by atoms with Crippen LogP contribution in [0, 0.1) is 5.92 Å². The summed E-state index contributed by atoms with van der Waals surface area (Å²) < 4.78 is 69.9. The van der Waals surface area contributed by atoms with Crippen LogP contribution in [0.3, 0.4) is 0 Å². The summed E-state index contributed by atoms with van der Waals surface area (Å²) in [5.74, 6) is -1.51. The van der Waals surface area contributed by atoms with Gasteiger partial charge in [-0.1, -0.05) is 18.2 Å². The van der Waals surface area contributed by atoms with Crippen LogP contribution in [0.15, 0.2) is 53.4 Å². The Hall–Kier alpha value is -3.16. The molecule has 2 bridgehead atoms. The number of carbonyl (C=O) groups excluding carboxylic acids is 2. The first-order valence-electron chi connectivity index (χ1n) is 13.4. The summed E-state index contributed by atoms with van der Waals surface area (Å²) in [5.41, 5.74) is 0.320. The number of amides is 2. The molecule has 4 aliphatic rings. The zero-order chi connectivity index (χ0) is 28.3. The molecule has 4 heterocycles. The van der Waals surface area contributed by atoms with E-state index in [0.29, 0.717) is 25.1 Å². The van der Waals surface area contributed by atoms with Crippen molar-refractivity contribution in [3.8, 4) is 5.75 Å². The molecule has 3 atom stereocenters. The number of rotatable bonds is 3. The Balaban J connectivity index is 1.34. The Morgan fingerprint density at radius 3 is 2.45 bits per heavy atom. The van der Waals surface area contributed by atoms with Crippen molar-refractivity contribution in [2.75, 3.05) is 37.6 Å². The zero-order valence-corrected chi connectivity index (χ0v) is 22.4. The van der Waals surface area contributed by atoms with Crippen molar-refractivity contribution in [2.24, 2.45) is 5.92 Å². The van der Waals surface area contributed by atoms with E-state index in [9.17, 15) is 31.2 Å². The van der Waals surface area contributed by atoms with E-state index < -0.39 is 33.6 Å². The van der Waals surface area contributed by atoms with E-state index in [0.717, 1.165) is 42.7 Å². The molecule has 3 saturated heterocycles. The molecule has 0 unspecified atom stereocenters. The third-order valence-corrected chi connectivity index (χ3v) is 10.4. The zero-order valence-electron chi connectivity index (χ0n) is 21.6. The van der Waals surface area contributed by atoms with Gasteiger partial charge in [-0.05, 0) is 62.6 Å². The average molecular weight is 579 g/mol. The molecule has 0 aromatic heterocycles. The largest absolute Gasteiger partial charge is 0.573 e. The van der Waals surface area contributed by atoms with Crippen molar-refractivity contribution in [3.63, 3.8) is 0 Å². The summed E-state index contributed by atoms with van der Waals surface area (Å²) in [6, 6.07) is 11.6. The van der Waals surface area contributed by atoms with E-state index in [1.54, 1.807) is 4.90 Å². The van der Waals surface area contributed by atoms with E-state index in [2.05, 4.69) is 15.0 Å². The van der Waals surface area contributed by atoms with Gasteiger partial charge in [0.2, 0.25) is 15.9 Å². The molecule has 214 valence electrons. The summed E-state index contributed by atoms with van der Waals surface area (Å²) >= 11 is 0. The highest BCUT2D eigenvalue weighted by atomic mass is 32.2. The van der Waals surface area contributed by atoms with Crippen LogP contribution < -0.4 is 15.0 Å². The van der Waals surface area contributed by atoms with Crippen molar-refractivity contribution in [1.82, 2.24) is 14.5 Å². The minimum absolute atomic E-state index is 0.0265. The summed E-state index contributed by atoms with van der Waals surface area (Å²) in [4.78, 5) is 31.5. The van der Waals surface area contributed by atoms with Crippen molar-refractivity contribution in [1.29, 1.82) is 0 Å². The second-order valence-electron chi connectivity index (χ2n) is 10.6. The predicted octanol–water partition coefficient (Wildman–Crippen LogP) is 2.82. The molecular formula is C27H29F3N4O5S. The molecule has 2 aromatic carbocycles. The second kappa shape index (κ2) is 9.74. The molecule has 2 aromatic rings. The highest BCUT2D eigenvalue weighted by Crippen LogP contribution is 2.57. The van der Waals surface area contributed by atoms with E-state index in [1.807, 2.05) is 24.3 Å². The van der Waals surface area contributed by atoms with Gasteiger partial charge in [0.15, 0.2) is 0 Å². The molecule has 3 fully saturated rings. The lowest BCUT2D eigenvalue weighted by molar-refractivity contribution is -0.274. The third-order valence-electron chi connectivity index (χ3n) is 8.49. The number of hydrogen-bond acceptors (Lipinski definition) is 6. The van der Waals surface area contributed by atoms with Crippen molar-refractivity contribution in [3.05, 3.63) is 54.1 Å². The first-order chi connectivity index (χ1) is 19.0. The summed E-state index contributed by atoms with van der Waals surface area (Å²) in [6.07, 6.45) is -2.12. The SMILES string of the molecule is O=C1NCCCN(S(=O)(=O)c2ccc(OC(F)(F)F)cc2)CCN2C(=O)[C@@]3(c4ccccc42)[C@H]1C[C@@H]1CCCN13. The fourth-order valence-corrected chi connectivity index (χ4v) is 8.37. The van der Waals surface area contributed by atoms with Crippen LogP contribution in [0.4, 0.5) is 18.9 Å². The number of carbonyl (C=O) groups is 2. The Morgan fingerprint density at radius 1 is 0.950 bits per heavy atom. The van der Waals surface area contributed by atoms with Gasteiger partial charge in [0.1, 0.15) is 11.3 Å². The van der Waals surface area contributed by atoms with Gasteiger partial charge < -0.3 is 15.0 Å². The van der Waals surface area contributed by atoms with Crippen LogP contribution in [0.25, 0.3) is 0 Å². The summed E-state index contributed by atoms with van der Waals surface area (Å²) in [7, 11) is -4.14. The van der Waals surface area contributed by atoms with Gasteiger partial charge in [-0.2, -0.15) is 4.31 Å². The maximum absolute atomic E-state index is 14.4. The molecule has 0 saturated carbocycles. The number of anilines is 1. The van der Waals surface area contributed by atoms with E-state index in [4.69, 9.17) is 0 Å². The lowest BCUT2D eigenvalue weighted by Crippen LogP contribution is -2.57. The number of sulfonamides is 1. The minimum Gasteiger partial charge on any atom is -0.406 e. The molecular weight excluding hydrogens is 549 g/mol. The number of nitrogens with one attached hydrogen (secondary N) is 1. The van der Waals surface area contributed by atoms with Crippen LogP contribution in [0.1, 0.15) is 31.2 Å². The van der Waals surface area contributed by atoms with Crippen LogP contribution in [-0.4, -0.2) is 74.6 Å². The number of ether oxygens (including phenoxy) is 1. The molecule has 0 radical (unpaired) electrons. The molecule has 1 N–H and O–H groups in total. The first kappa shape index (κ1) is 27.0. The predicted molar refractivity (Wildman–Crippen MR) is 138 cm³/mol.